The molecule has 0 saturated carbocycles. The van der Waals surface area contributed by atoms with Crippen LogP contribution in [0.1, 0.15) is 35.0 Å². The van der Waals surface area contributed by atoms with Crippen molar-refractivity contribution >= 4 is 0 Å². The van der Waals surface area contributed by atoms with Gasteiger partial charge in [-0.1, -0.05) is 6.07 Å². The molecule has 2 aromatic heterocycles. The Bertz CT molecular complexity index is 559. The first-order valence-electron chi connectivity index (χ1n) is 6.40. The predicted molar refractivity (Wildman–Crippen MR) is 70.1 cm³/mol. The van der Waals surface area contributed by atoms with E-state index in [1.807, 2.05) is 30.2 Å². The molecule has 4 nitrogen and oxygen atoms in total. The molecule has 1 aliphatic carbocycles. The van der Waals surface area contributed by atoms with Gasteiger partial charge in [0.25, 0.3) is 0 Å². The summed E-state index contributed by atoms with van der Waals surface area (Å²) in [4.78, 5) is 4.50. The highest BCUT2D eigenvalue weighted by Crippen LogP contribution is 2.29. The molecular formula is C14H18N4. The summed E-state index contributed by atoms with van der Waals surface area (Å²) < 4.78 is 1.91. The van der Waals surface area contributed by atoms with Crippen LogP contribution in [0.25, 0.3) is 0 Å². The van der Waals surface area contributed by atoms with Crippen molar-refractivity contribution in [2.45, 2.75) is 32.4 Å². The number of hydrogen-bond donors (Lipinski definition) is 1. The summed E-state index contributed by atoms with van der Waals surface area (Å²) >= 11 is 0. The van der Waals surface area contributed by atoms with Crippen LogP contribution < -0.4 is 5.32 Å². The second-order valence-corrected chi connectivity index (χ2v) is 4.90. The van der Waals surface area contributed by atoms with Crippen molar-refractivity contribution < 1.29 is 0 Å². The molecule has 0 saturated heterocycles. The summed E-state index contributed by atoms with van der Waals surface area (Å²) in [6, 6.07) is 4.59. The second kappa shape index (κ2) is 4.53. The minimum absolute atomic E-state index is 0.390. The van der Waals surface area contributed by atoms with Gasteiger partial charge >= 0.3 is 0 Å². The van der Waals surface area contributed by atoms with E-state index < -0.39 is 0 Å². The monoisotopic (exact) mass is 242 g/mol. The van der Waals surface area contributed by atoms with Crippen LogP contribution in [0.15, 0.2) is 24.5 Å². The highest BCUT2D eigenvalue weighted by Gasteiger charge is 2.23. The van der Waals surface area contributed by atoms with Crippen LogP contribution in [0.5, 0.6) is 0 Å². The van der Waals surface area contributed by atoms with Crippen LogP contribution in [0.2, 0.25) is 0 Å². The maximum absolute atomic E-state index is 4.50. The Kier molecular flexibility index (Phi) is 2.88. The van der Waals surface area contributed by atoms with Crippen LogP contribution in [0.4, 0.5) is 0 Å². The Morgan fingerprint density at radius 3 is 3.17 bits per heavy atom. The Morgan fingerprint density at radius 2 is 2.39 bits per heavy atom. The fourth-order valence-corrected chi connectivity index (χ4v) is 2.56. The lowest BCUT2D eigenvalue weighted by atomic mass is 10.2. The van der Waals surface area contributed by atoms with Crippen molar-refractivity contribution in [1.29, 1.82) is 0 Å². The van der Waals surface area contributed by atoms with E-state index in [1.165, 1.54) is 22.5 Å². The number of nitrogens with zero attached hydrogens (tertiary/aromatic N) is 3. The average molecular weight is 242 g/mol. The third-order valence-corrected chi connectivity index (χ3v) is 3.83. The molecule has 1 atom stereocenters. The molecule has 0 aromatic carbocycles. The zero-order valence-corrected chi connectivity index (χ0v) is 10.8. The van der Waals surface area contributed by atoms with Gasteiger partial charge in [-0.25, -0.2) is 0 Å². The summed E-state index contributed by atoms with van der Waals surface area (Å²) in [5.74, 6) is 0. The number of aryl methyl sites for hydroxylation is 2. The maximum Gasteiger partial charge on any atom is 0.0605 e. The van der Waals surface area contributed by atoms with Crippen molar-refractivity contribution in [3.05, 3.63) is 47.0 Å². The smallest absolute Gasteiger partial charge is 0.0605 e. The SMILES string of the molecule is Cc1c(CNC2CCc3cccnc32)cnn1C. The molecule has 0 radical (unpaired) electrons. The highest BCUT2D eigenvalue weighted by molar-refractivity contribution is 5.28. The lowest BCUT2D eigenvalue weighted by molar-refractivity contribution is 0.520. The highest BCUT2D eigenvalue weighted by atomic mass is 15.3. The minimum atomic E-state index is 0.390. The fourth-order valence-electron chi connectivity index (χ4n) is 2.56. The summed E-state index contributed by atoms with van der Waals surface area (Å²) in [6.07, 6.45) is 6.10. The van der Waals surface area contributed by atoms with Crippen LogP contribution in [0.3, 0.4) is 0 Å². The Balaban J connectivity index is 1.70. The first-order valence-corrected chi connectivity index (χ1v) is 6.40. The van der Waals surface area contributed by atoms with E-state index in [2.05, 4.69) is 28.4 Å². The van der Waals surface area contributed by atoms with Gasteiger partial charge in [0.1, 0.15) is 0 Å². The number of fused-ring (bicyclic) bond motifs is 1. The molecule has 0 amide bonds. The normalized spacial score (nSPS) is 18.0. The number of aromatic nitrogens is 3. The summed E-state index contributed by atoms with van der Waals surface area (Å²) in [7, 11) is 1.98. The molecule has 0 aliphatic heterocycles. The van der Waals surface area contributed by atoms with Gasteiger partial charge in [0.2, 0.25) is 0 Å². The van der Waals surface area contributed by atoms with E-state index in [1.54, 1.807) is 0 Å². The van der Waals surface area contributed by atoms with E-state index >= 15 is 0 Å². The Hall–Kier alpha value is -1.68. The molecule has 3 rings (SSSR count). The molecule has 18 heavy (non-hydrogen) atoms. The largest absolute Gasteiger partial charge is 0.304 e. The molecule has 0 spiro atoms. The average Bonchev–Trinajstić information content (AvgIpc) is 2.94. The zero-order chi connectivity index (χ0) is 12.5. The van der Waals surface area contributed by atoms with Gasteiger partial charge in [0.05, 0.1) is 17.9 Å². The van der Waals surface area contributed by atoms with Crippen LogP contribution in [-0.4, -0.2) is 14.8 Å². The van der Waals surface area contributed by atoms with E-state index in [-0.39, 0.29) is 0 Å². The van der Waals surface area contributed by atoms with Gasteiger partial charge in [-0.15, -0.1) is 0 Å². The minimum Gasteiger partial charge on any atom is -0.304 e. The van der Waals surface area contributed by atoms with Crippen LogP contribution >= 0.6 is 0 Å². The van der Waals surface area contributed by atoms with Crippen LogP contribution in [0, 0.1) is 6.92 Å². The molecule has 1 N–H and O–H groups in total. The van der Waals surface area contributed by atoms with E-state index in [0.29, 0.717) is 6.04 Å². The molecule has 4 heteroatoms. The van der Waals surface area contributed by atoms with Gasteiger partial charge in [-0.3, -0.25) is 9.67 Å². The summed E-state index contributed by atoms with van der Waals surface area (Å²) in [6.45, 7) is 2.96. The number of hydrogen-bond acceptors (Lipinski definition) is 3. The van der Waals surface area contributed by atoms with Gasteiger partial charge in [0, 0.05) is 31.0 Å². The van der Waals surface area contributed by atoms with Gasteiger partial charge in [-0.2, -0.15) is 5.10 Å². The number of nitrogens with one attached hydrogen (secondary N) is 1. The van der Waals surface area contributed by atoms with Gasteiger partial charge in [0.15, 0.2) is 0 Å². The maximum atomic E-state index is 4.50. The van der Waals surface area contributed by atoms with Crippen molar-refractivity contribution in [3.63, 3.8) is 0 Å². The molecular weight excluding hydrogens is 224 g/mol. The summed E-state index contributed by atoms with van der Waals surface area (Å²) in [5.41, 5.74) is 5.10. The third kappa shape index (κ3) is 1.93. The van der Waals surface area contributed by atoms with E-state index in [0.717, 1.165) is 19.4 Å². The molecule has 0 bridgehead atoms. The molecule has 2 aromatic rings. The zero-order valence-electron chi connectivity index (χ0n) is 10.8. The van der Waals surface area contributed by atoms with Gasteiger partial charge < -0.3 is 5.32 Å². The number of pyridine rings is 1. The lowest BCUT2D eigenvalue weighted by Gasteiger charge is -2.12. The van der Waals surface area contributed by atoms with Crippen molar-refractivity contribution in [3.8, 4) is 0 Å². The lowest BCUT2D eigenvalue weighted by Crippen LogP contribution is -2.19. The molecule has 1 unspecified atom stereocenters. The molecule has 2 heterocycles. The summed E-state index contributed by atoms with van der Waals surface area (Å²) in [5, 5.41) is 7.86. The Morgan fingerprint density at radius 1 is 1.50 bits per heavy atom. The standard InChI is InChI=1S/C14H18N4/c1-10-12(9-17-18(10)2)8-16-13-6-5-11-4-3-7-15-14(11)13/h3-4,7,9,13,16H,5-6,8H2,1-2H3. The van der Waals surface area contributed by atoms with Crippen molar-refractivity contribution in [1.82, 2.24) is 20.1 Å². The van der Waals surface area contributed by atoms with E-state index in [4.69, 9.17) is 0 Å². The number of rotatable bonds is 3. The first kappa shape index (κ1) is 11.4. The van der Waals surface area contributed by atoms with Gasteiger partial charge in [-0.05, 0) is 31.4 Å². The quantitative estimate of drug-likeness (QED) is 0.894. The predicted octanol–water partition coefficient (Wildman–Crippen LogP) is 1.90. The van der Waals surface area contributed by atoms with E-state index in [9.17, 15) is 0 Å². The molecule has 0 fully saturated rings. The Labute approximate surface area is 107 Å². The third-order valence-electron chi connectivity index (χ3n) is 3.83. The molecule has 94 valence electrons. The van der Waals surface area contributed by atoms with Crippen molar-refractivity contribution in [2.75, 3.05) is 0 Å². The van der Waals surface area contributed by atoms with Crippen LogP contribution in [-0.2, 0) is 20.0 Å². The fraction of sp³-hybridized carbons (Fsp3) is 0.429. The topological polar surface area (TPSA) is 42.7 Å². The first-order chi connectivity index (χ1) is 8.75. The second-order valence-electron chi connectivity index (χ2n) is 4.90. The molecule has 1 aliphatic rings. The van der Waals surface area contributed by atoms with Crippen molar-refractivity contribution in [2.24, 2.45) is 7.05 Å².